The van der Waals surface area contributed by atoms with Gasteiger partial charge in [-0.2, -0.15) is 0 Å². The molecule has 0 aliphatic carbocycles. The van der Waals surface area contributed by atoms with Crippen molar-refractivity contribution in [3.8, 4) is 5.75 Å². The molecule has 7 nitrogen and oxygen atoms in total. The van der Waals surface area contributed by atoms with E-state index in [0.29, 0.717) is 19.5 Å². The third-order valence-electron chi connectivity index (χ3n) is 4.62. The van der Waals surface area contributed by atoms with E-state index >= 15 is 0 Å². The SMILES string of the molecule is CCNC(=NCC(c1cccc(OC)c1)N(C)C)NCCC(=O)N(CC)CC.I. The Morgan fingerprint density at radius 3 is 2.41 bits per heavy atom. The van der Waals surface area contributed by atoms with Crippen molar-refractivity contribution in [1.29, 1.82) is 0 Å². The number of guanidine groups is 1. The highest BCUT2D eigenvalue weighted by atomic mass is 127. The van der Waals surface area contributed by atoms with Gasteiger partial charge in [-0.25, -0.2) is 0 Å². The summed E-state index contributed by atoms with van der Waals surface area (Å²) < 4.78 is 5.35. The average molecular weight is 519 g/mol. The fourth-order valence-corrected chi connectivity index (χ4v) is 2.96. The fourth-order valence-electron chi connectivity index (χ4n) is 2.96. The molecule has 0 saturated carbocycles. The number of carbonyl (C=O) groups excluding carboxylic acids is 1. The maximum absolute atomic E-state index is 12.2. The minimum Gasteiger partial charge on any atom is -0.497 e. The molecule has 1 rings (SSSR count). The van der Waals surface area contributed by atoms with Crippen LogP contribution in [0.5, 0.6) is 5.75 Å². The maximum Gasteiger partial charge on any atom is 0.224 e. The Labute approximate surface area is 193 Å². The first-order valence-corrected chi connectivity index (χ1v) is 10.1. The summed E-state index contributed by atoms with van der Waals surface area (Å²) in [7, 11) is 5.76. The van der Waals surface area contributed by atoms with Gasteiger partial charge in [0.1, 0.15) is 5.75 Å². The highest BCUT2D eigenvalue weighted by Crippen LogP contribution is 2.22. The molecule has 0 heterocycles. The monoisotopic (exact) mass is 519 g/mol. The molecule has 2 N–H and O–H groups in total. The maximum atomic E-state index is 12.2. The van der Waals surface area contributed by atoms with Crippen LogP contribution in [0.25, 0.3) is 0 Å². The van der Waals surface area contributed by atoms with Gasteiger partial charge >= 0.3 is 0 Å². The van der Waals surface area contributed by atoms with E-state index in [1.165, 1.54) is 0 Å². The van der Waals surface area contributed by atoms with Crippen LogP contribution in [0.4, 0.5) is 0 Å². The molecule has 0 spiro atoms. The molecular weight excluding hydrogens is 481 g/mol. The predicted octanol–water partition coefficient (Wildman–Crippen LogP) is 2.73. The van der Waals surface area contributed by atoms with Crippen LogP contribution in [0, 0.1) is 0 Å². The van der Waals surface area contributed by atoms with Crippen molar-refractivity contribution in [2.24, 2.45) is 4.99 Å². The molecule has 0 fully saturated rings. The Hall–Kier alpha value is -1.55. The molecule has 0 radical (unpaired) electrons. The average Bonchev–Trinajstić information content (AvgIpc) is 2.69. The molecule has 29 heavy (non-hydrogen) atoms. The smallest absolute Gasteiger partial charge is 0.224 e. The zero-order chi connectivity index (χ0) is 20.9. The van der Waals surface area contributed by atoms with E-state index in [9.17, 15) is 4.79 Å². The highest BCUT2D eigenvalue weighted by Gasteiger charge is 2.15. The van der Waals surface area contributed by atoms with Crippen LogP contribution >= 0.6 is 24.0 Å². The first-order chi connectivity index (χ1) is 13.5. The lowest BCUT2D eigenvalue weighted by molar-refractivity contribution is -0.130. The Morgan fingerprint density at radius 1 is 1.17 bits per heavy atom. The van der Waals surface area contributed by atoms with Gasteiger partial charge in [-0.15, -0.1) is 24.0 Å². The number of nitrogens with one attached hydrogen (secondary N) is 2. The number of hydrogen-bond acceptors (Lipinski definition) is 4. The number of benzene rings is 1. The number of hydrogen-bond donors (Lipinski definition) is 2. The molecule has 0 saturated heterocycles. The van der Waals surface area contributed by atoms with Gasteiger partial charge in [0.15, 0.2) is 5.96 Å². The van der Waals surface area contributed by atoms with Crippen molar-refractivity contribution in [2.75, 3.05) is 53.9 Å². The lowest BCUT2D eigenvalue weighted by Crippen LogP contribution is -2.40. The second-order valence-corrected chi connectivity index (χ2v) is 6.72. The molecule has 1 atom stereocenters. The molecule has 0 aliphatic heterocycles. The predicted molar refractivity (Wildman–Crippen MR) is 131 cm³/mol. The quantitative estimate of drug-likeness (QED) is 0.268. The molecular formula is C21H38IN5O2. The van der Waals surface area contributed by atoms with Crippen LogP contribution < -0.4 is 15.4 Å². The molecule has 0 aromatic heterocycles. The summed E-state index contributed by atoms with van der Waals surface area (Å²) in [5.41, 5.74) is 1.15. The lowest BCUT2D eigenvalue weighted by atomic mass is 10.1. The third-order valence-corrected chi connectivity index (χ3v) is 4.62. The second-order valence-electron chi connectivity index (χ2n) is 6.72. The normalized spacial score (nSPS) is 12.2. The van der Waals surface area contributed by atoms with E-state index in [-0.39, 0.29) is 35.9 Å². The molecule has 1 aromatic rings. The van der Waals surface area contributed by atoms with Gasteiger partial charge in [0, 0.05) is 32.6 Å². The minimum atomic E-state index is 0. The number of methoxy groups -OCH3 is 1. The van der Waals surface area contributed by atoms with Crippen LogP contribution in [-0.4, -0.2) is 75.6 Å². The first kappa shape index (κ1) is 27.5. The van der Waals surface area contributed by atoms with Crippen molar-refractivity contribution in [1.82, 2.24) is 20.4 Å². The van der Waals surface area contributed by atoms with Crippen molar-refractivity contribution in [3.63, 3.8) is 0 Å². The number of carbonyl (C=O) groups is 1. The largest absolute Gasteiger partial charge is 0.497 e. The number of ether oxygens (including phenoxy) is 1. The number of aliphatic imine (C=N–C) groups is 1. The molecule has 166 valence electrons. The summed E-state index contributed by atoms with van der Waals surface area (Å²) in [6, 6.07) is 8.20. The zero-order valence-corrected chi connectivity index (χ0v) is 21.0. The lowest BCUT2D eigenvalue weighted by Gasteiger charge is -2.24. The van der Waals surface area contributed by atoms with Crippen LogP contribution in [0.15, 0.2) is 29.3 Å². The number of rotatable bonds is 11. The number of halogens is 1. The Kier molecular flexibility index (Phi) is 14.5. The van der Waals surface area contributed by atoms with E-state index in [2.05, 4.69) is 21.6 Å². The number of likely N-dealkylation sites (N-methyl/N-ethyl adjacent to an activating group) is 1. The molecule has 0 bridgehead atoms. The zero-order valence-electron chi connectivity index (χ0n) is 18.7. The Balaban J connectivity index is 0.00000784. The van der Waals surface area contributed by atoms with Crippen molar-refractivity contribution < 1.29 is 9.53 Å². The summed E-state index contributed by atoms with van der Waals surface area (Å²) in [5, 5.41) is 6.52. The minimum absolute atomic E-state index is 0. The highest BCUT2D eigenvalue weighted by molar-refractivity contribution is 14.0. The standard InChI is InChI=1S/C21H37N5O2.HI/c1-7-22-21(23-14-13-20(27)26(8-2)9-3)24-16-19(25(4)5)17-11-10-12-18(15-17)28-6;/h10-12,15,19H,7-9,13-14,16H2,1-6H3,(H2,22,23,24);1H. The number of amides is 1. The summed E-state index contributed by atoms with van der Waals surface area (Å²) in [5.74, 6) is 1.73. The summed E-state index contributed by atoms with van der Waals surface area (Å²) in [4.78, 5) is 20.9. The van der Waals surface area contributed by atoms with E-state index in [1.807, 2.05) is 58.0 Å². The van der Waals surface area contributed by atoms with Gasteiger partial charge in [0.2, 0.25) is 5.91 Å². The van der Waals surface area contributed by atoms with E-state index in [4.69, 9.17) is 9.73 Å². The van der Waals surface area contributed by atoms with Crippen LogP contribution in [-0.2, 0) is 4.79 Å². The number of nitrogens with zero attached hydrogens (tertiary/aromatic N) is 3. The topological polar surface area (TPSA) is 69.2 Å². The van der Waals surface area contributed by atoms with Gasteiger partial charge in [-0.1, -0.05) is 12.1 Å². The van der Waals surface area contributed by atoms with Crippen molar-refractivity contribution in [3.05, 3.63) is 29.8 Å². The van der Waals surface area contributed by atoms with Crippen molar-refractivity contribution in [2.45, 2.75) is 33.2 Å². The van der Waals surface area contributed by atoms with E-state index in [1.54, 1.807) is 7.11 Å². The Morgan fingerprint density at radius 2 is 1.86 bits per heavy atom. The van der Waals surface area contributed by atoms with E-state index in [0.717, 1.165) is 36.9 Å². The van der Waals surface area contributed by atoms with Gasteiger partial charge in [0.05, 0.1) is 19.7 Å². The molecule has 1 unspecified atom stereocenters. The van der Waals surface area contributed by atoms with Crippen LogP contribution in [0.3, 0.4) is 0 Å². The van der Waals surface area contributed by atoms with Crippen molar-refractivity contribution >= 4 is 35.8 Å². The van der Waals surface area contributed by atoms with Gasteiger partial charge < -0.3 is 25.2 Å². The Bertz CT molecular complexity index is 621. The van der Waals surface area contributed by atoms with Gasteiger partial charge in [-0.05, 0) is 52.6 Å². The van der Waals surface area contributed by atoms with Gasteiger partial charge in [-0.3, -0.25) is 9.79 Å². The van der Waals surface area contributed by atoms with Gasteiger partial charge in [0.25, 0.3) is 0 Å². The van der Waals surface area contributed by atoms with E-state index < -0.39 is 0 Å². The van der Waals surface area contributed by atoms with Crippen LogP contribution in [0.2, 0.25) is 0 Å². The third kappa shape index (κ3) is 9.66. The van der Waals surface area contributed by atoms with Crippen LogP contribution in [0.1, 0.15) is 38.8 Å². The summed E-state index contributed by atoms with van der Waals surface area (Å²) in [6.07, 6.45) is 0.457. The molecule has 0 aliphatic rings. The first-order valence-electron chi connectivity index (χ1n) is 10.1. The second kappa shape index (κ2) is 15.3. The molecule has 1 amide bonds. The summed E-state index contributed by atoms with van der Waals surface area (Å²) in [6.45, 7) is 9.45. The molecule has 1 aromatic carbocycles. The molecule has 8 heteroatoms. The fraction of sp³-hybridized carbons (Fsp3) is 0.619. The summed E-state index contributed by atoms with van der Waals surface area (Å²) >= 11 is 0.